The van der Waals surface area contributed by atoms with Crippen molar-refractivity contribution < 1.29 is 32.3 Å². The van der Waals surface area contributed by atoms with Gasteiger partial charge in [-0.2, -0.15) is 13.2 Å². The van der Waals surface area contributed by atoms with Gasteiger partial charge in [0.25, 0.3) is 0 Å². The van der Waals surface area contributed by atoms with Gasteiger partial charge in [0.05, 0.1) is 10.8 Å². The fraction of sp³-hybridized carbons (Fsp3) is 0.286. The van der Waals surface area contributed by atoms with Crippen molar-refractivity contribution in [3.8, 4) is 5.75 Å². The van der Waals surface area contributed by atoms with Crippen molar-refractivity contribution in [3.63, 3.8) is 0 Å². The number of Topliss-reactive ketones (excluding diaryl/α,β-unsaturated/α-hetero) is 2. The topological polar surface area (TPSA) is 60.4 Å². The summed E-state index contributed by atoms with van der Waals surface area (Å²) in [6.45, 7) is 2.42. The molecular weight excluding hydrogens is 405 g/mol. The lowest BCUT2D eigenvalue weighted by molar-refractivity contribution is -0.137. The number of thioether (sulfide) groups is 1. The third-order valence-corrected chi connectivity index (χ3v) is 5.10. The van der Waals surface area contributed by atoms with Gasteiger partial charge < -0.3 is 4.74 Å². The van der Waals surface area contributed by atoms with Crippen molar-refractivity contribution in [3.05, 3.63) is 65.2 Å². The molecule has 8 heteroatoms. The third kappa shape index (κ3) is 7.05. The molecule has 0 N–H and O–H groups in total. The number of hydrogen-bond donors (Lipinski definition) is 0. The predicted molar refractivity (Wildman–Crippen MR) is 104 cm³/mol. The van der Waals surface area contributed by atoms with Crippen LogP contribution in [-0.2, 0) is 22.2 Å². The summed E-state index contributed by atoms with van der Waals surface area (Å²) in [5.74, 6) is -0.306. The van der Waals surface area contributed by atoms with Crippen molar-refractivity contribution in [1.82, 2.24) is 0 Å². The highest BCUT2D eigenvalue weighted by molar-refractivity contribution is 8.14. The average molecular weight is 424 g/mol. The quantitative estimate of drug-likeness (QED) is 0.573. The molecule has 0 aromatic heterocycles. The molecule has 0 saturated heterocycles. The molecule has 1 atom stereocenters. The van der Waals surface area contributed by atoms with E-state index in [1.54, 1.807) is 24.3 Å². The van der Waals surface area contributed by atoms with Crippen molar-refractivity contribution in [2.24, 2.45) is 0 Å². The molecule has 0 saturated carbocycles. The molecule has 0 heterocycles. The zero-order chi connectivity index (χ0) is 21.6. The van der Waals surface area contributed by atoms with Gasteiger partial charge in [-0.25, -0.2) is 0 Å². The SMILES string of the molecule is CC(=O)SC(Cc1ccc(OCC(=O)c2cccc(C(F)(F)F)c2)cc1)C(C)=O. The van der Waals surface area contributed by atoms with E-state index >= 15 is 0 Å². The van der Waals surface area contributed by atoms with Gasteiger partial charge in [0.15, 0.2) is 17.5 Å². The Morgan fingerprint density at radius 1 is 1.03 bits per heavy atom. The van der Waals surface area contributed by atoms with Crippen LogP contribution in [0.1, 0.15) is 35.3 Å². The number of halogens is 3. The molecule has 0 aliphatic carbocycles. The molecule has 2 aromatic rings. The van der Waals surface area contributed by atoms with Crippen LogP contribution < -0.4 is 4.74 Å². The van der Waals surface area contributed by atoms with Gasteiger partial charge in [0.1, 0.15) is 11.5 Å². The third-order valence-electron chi connectivity index (χ3n) is 3.99. The molecule has 0 radical (unpaired) electrons. The molecule has 0 fully saturated rings. The fourth-order valence-corrected chi connectivity index (χ4v) is 3.35. The van der Waals surface area contributed by atoms with Crippen LogP contribution in [0.15, 0.2) is 48.5 Å². The lowest BCUT2D eigenvalue weighted by Crippen LogP contribution is -2.18. The van der Waals surface area contributed by atoms with E-state index in [0.29, 0.717) is 12.2 Å². The summed E-state index contributed by atoms with van der Waals surface area (Å²) in [7, 11) is 0. The normalized spacial score (nSPS) is 12.3. The minimum atomic E-state index is -4.52. The van der Waals surface area contributed by atoms with Crippen molar-refractivity contribution in [2.75, 3.05) is 6.61 Å². The molecule has 1 unspecified atom stereocenters. The molecule has 4 nitrogen and oxygen atoms in total. The molecule has 0 amide bonds. The zero-order valence-electron chi connectivity index (χ0n) is 15.8. The summed E-state index contributed by atoms with van der Waals surface area (Å²) in [6, 6.07) is 10.8. The first kappa shape index (κ1) is 22.7. The maximum atomic E-state index is 12.7. The fourth-order valence-electron chi connectivity index (χ4n) is 2.51. The van der Waals surface area contributed by atoms with Crippen LogP contribution in [0.4, 0.5) is 13.2 Å². The molecule has 2 aromatic carbocycles. The van der Waals surface area contributed by atoms with Crippen molar-refractivity contribution >= 4 is 28.4 Å². The van der Waals surface area contributed by atoms with Crippen LogP contribution in [0.2, 0.25) is 0 Å². The van der Waals surface area contributed by atoms with Gasteiger partial charge in [-0.05, 0) is 43.2 Å². The van der Waals surface area contributed by atoms with Crippen LogP contribution in [0, 0.1) is 0 Å². The summed E-state index contributed by atoms with van der Waals surface area (Å²) in [4.78, 5) is 35.0. The first-order valence-corrected chi connectivity index (χ1v) is 9.54. The Morgan fingerprint density at radius 2 is 1.69 bits per heavy atom. The van der Waals surface area contributed by atoms with Crippen LogP contribution in [0.5, 0.6) is 5.75 Å². The minimum absolute atomic E-state index is 0.0815. The predicted octanol–water partition coefficient (Wildman–Crippen LogP) is 4.75. The van der Waals surface area contributed by atoms with E-state index in [1.165, 1.54) is 26.0 Å². The van der Waals surface area contributed by atoms with Gasteiger partial charge in [-0.15, -0.1) is 0 Å². The first-order chi connectivity index (χ1) is 13.6. The maximum absolute atomic E-state index is 12.7. The number of carbonyl (C=O) groups excluding carboxylic acids is 3. The van der Waals surface area contributed by atoms with E-state index in [2.05, 4.69) is 0 Å². The minimum Gasteiger partial charge on any atom is -0.485 e. The number of carbonyl (C=O) groups is 3. The molecular formula is C21H19F3O4S. The average Bonchev–Trinajstić information content (AvgIpc) is 2.65. The Labute approximate surface area is 170 Å². The second-order valence-electron chi connectivity index (χ2n) is 6.35. The van der Waals surface area contributed by atoms with E-state index < -0.39 is 29.4 Å². The van der Waals surface area contributed by atoms with Crippen LogP contribution >= 0.6 is 11.8 Å². The van der Waals surface area contributed by atoms with E-state index in [9.17, 15) is 27.6 Å². The second kappa shape index (κ2) is 9.73. The number of benzene rings is 2. The molecule has 0 spiro atoms. The summed E-state index contributed by atoms with van der Waals surface area (Å²) in [6.07, 6.45) is -4.14. The van der Waals surface area contributed by atoms with E-state index in [0.717, 1.165) is 29.5 Å². The Bertz CT molecular complexity index is 892. The summed E-state index contributed by atoms with van der Waals surface area (Å²) >= 11 is 0.977. The summed E-state index contributed by atoms with van der Waals surface area (Å²) < 4.78 is 43.6. The summed E-state index contributed by atoms with van der Waals surface area (Å²) in [5.41, 5.74) is -0.159. The highest BCUT2D eigenvalue weighted by Crippen LogP contribution is 2.29. The van der Waals surface area contributed by atoms with Gasteiger partial charge in [-0.1, -0.05) is 36.0 Å². The molecule has 2 rings (SSSR count). The number of hydrogen-bond acceptors (Lipinski definition) is 5. The highest BCUT2D eigenvalue weighted by Gasteiger charge is 2.30. The molecule has 29 heavy (non-hydrogen) atoms. The van der Waals surface area contributed by atoms with E-state index in [-0.39, 0.29) is 16.5 Å². The lowest BCUT2D eigenvalue weighted by Gasteiger charge is -2.12. The van der Waals surface area contributed by atoms with E-state index in [1.807, 2.05) is 0 Å². The lowest BCUT2D eigenvalue weighted by atomic mass is 10.1. The molecule has 0 aliphatic heterocycles. The van der Waals surface area contributed by atoms with Gasteiger partial charge in [0, 0.05) is 12.5 Å². The number of ketones is 2. The van der Waals surface area contributed by atoms with E-state index in [4.69, 9.17) is 4.74 Å². The number of alkyl halides is 3. The largest absolute Gasteiger partial charge is 0.485 e. The van der Waals surface area contributed by atoms with Gasteiger partial charge >= 0.3 is 6.18 Å². The Hall–Kier alpha value is -2.61. The highest BCUT2D eigenvalue weighted by atomic mass is 32.2. The molecule has 0 bridgehead atoms. The first-order valence-electron chi connectivity index (χ1n) is 8.66. The standard InChI is InChI=1S/C21H19F3O4S/c1-13(25)20(29-14(2)26)10-15-6-8-18(9-7-15)28-12-19(27)16-4-3-5-17(11-16)21(22,23)24/h3-9,11,20H,10,12H2,1-2H3. The van der Waals surface area contributed by atoms with Crippen LogP contribution in [0.3, 0.4) is 0 Å². The maximum Gasteiger partial charge on any atom is 0.416 e. The second-order valence-corrected chi connectivity index (χ2v) is 7.73. The van der Waals surface area contributed by atoms with Crippen LogP contribution in [-0.4, -0.2) is 28.5 Å². The number of ether oxygens (including phenoxy) is 1. The number of rotatable bonds is 8. The zero-order valence-corrected chi connectivity index (χ0v) is 16.6. The Balaban J connectivity index is 1.97. The molecule has 0 aliphatic rings. The smallest absolute Gasteiger partial charge is 0.416 e. The van der Waals surface area contributed by atoms with Gasteiger partial charge in [0.2, 0.25) is 0 Å². The Morgan fingerprint density at radius 3 is 2.24 bits per heavy atom. The van der Waals surface area contributed by atoms with Crippen molar-refractivity contribution in [1.29, 1.82) is 0 Å². The van der Waals surface area contributed by atoms with Crippen molar-refractivity contribution in [2.45, 2.75) is 31.7 Å². The van der Waals surface area contributed by atoms with Gasteiger partial charge in [-0.3, -0.25) is 14.4 Å². The monoisotopic (exact) mass is 424 g/mol. The Kier molecular flexibility index (Phi) is 7.61. The molecule has 154 valence electrons. The summed E-state index contributed by atoms with van der Waals surface area (Å²) in [5, 5.41) is -0.611. The van der Waals surface area contributed by atoms with Crippen LogP contribution in [0.25, 0.3) is 0 Å².